The maximum atomic E-state index is 11.0. The number of anilines is 1. The van der Waals surface area contributed by atoms with E-state index in [0.29, 0.717) is 0 Å². The second-order valence-electron chi connectivity index (χ2n) is 6.86. The van der Waals surface area contributed by atoms with Crippen molar-refractivity contribution in [3.05, 3.63) is 118 Å². The summed E-state index contributed by atoms with van der Waals surface area (Å²) in [5, 5.41) is 17.6. The number of nitro groups is 1. The van der Waals surface area contributed by atoms with Crippen LogP contribution < -0.4 is 5.01 Å². The molecule has 2 aliphatic heterocycles. The van der Waals surface area contributed by atoms with Gasteiger partial charge >= 0.3 is 0 Å². The number of allylic oxidation sites excluding steroid dienone is 1. The van der Waals surface area contributed by atoms with E-state index in [1.807, 2.05) is 77.8 Å². The van der Waals surface area contributed by atoms with Crippen molar-refractivity contribution in [3.63, 3.8) is 0 Å². The van der Waals surface area contributed by atoms with Crippen LogP contribution in [0.5, 0.6) is 0 Å². The third-order valence-corrected chi connectivity index (χ3v) is 4.99. The van der Waals surface area contributed by atoms with Gasteiger partial charge < -0.3 is 0 Å². The first-order valence-electron chi connectivity index (χ1n) is 9.48. The van der Waals surface area contributed by atoms with Crippen LogP contribution in [0.25, 0.3) is 0 Å². The van der Waals surface area contributed by atoms with Gasteiger partial charge in [-0.15, -0.1) is 5.10 Å². The smallest absolute Gasteiger partial charge is 0.269 e. The molecule has 3 aromatic carbocycles. The third-order valence-electron chi connectivity index (χ3n) is 4.99. The summed E-state index contributed by atoms with van der Waals surface area (Å²) in [5.41, 5.74) is 3.61. The van der Waals surface area contributed by atoms with E-state index in [9.17, 15) is 10.1 Å². The molecule has 1 unspecified atom stereocenters. The molecule has 0 amide bonds. The first-order chi connectivity index (χ1) is 14.7. The molecule has 0 aliphatic carbocycles. The van der Waals surface area contributed by atoms with Gasteiger partial charge in [0.15, 0.2) is 5.84 Å². The quantitative estimate of drug-likeness (QED) is 0.485. The van der Waals surface area contributed by atoms with Gasteiger partial charge in [-0.1, -0.05) is 60.7 Å². The van der Waals surface area contributed by atoms with E-state index in [-0.39, 0.29) is 5.69 Å². The average molecular weight is 395 g/mol. The normalized spacial score (nSPS) is 17.4. The molecule has 0 radical (unpaired) electrons. The van der Waals surface area contributed by atoms with Crippen molar-refractivity contribution in [2.45, 2.75) is 6.29 Å². The molecule has 146 valence electrons. The van der Waals surface area contributed by atoms with Gasteiger partial charge in [0, 0.05) is 23.9 Å². The molecule has 7 nitrogen and oxygen atoms in total. The minimum absolute atomic E-state index is 0.0408. The predicted octanol–water partition coefficient (Wildman–Crippen LogP) is 4.38. The lowest BCUT2D eigenvalue weighted by molar-refractivity contribution is -0.384. The van der Waals surface area contributed by atoms with Crippen LogP contribution in [0.4, 0.5) is 11.4 Å². The molecule has 2 aliphatic rings. The van der Waals surface area contributed by atoms with Crippen LogP contribution in [-0.2, 0) is 0 Å². The molecule has 0 bridgehead atoms. The lowest BCUT2D eigenvalue weighted by Crippen LogP contribution is -2.40. The van der Waals surface area contributed by atoms with Gasteiger partial charge in [0.05, 0.1) is 16.3 Å². The second kappa shape index (κ2) is 7.29. The van der Waals surface area contributed by atoms with Crippen molar-refractivity contribution >= 4 is 22.9 Å². The number of nitrogens with zero attached hydrogens (tertiary/aromatic N) is 5. The van der Waals surface area contributed by atoms with Crippen LogP contribution in [0.3, 0.4) is 0 Å². The molecule has 0 spiro atoms. The molecule has 0 fully saturated rings. The van der Waals surface area contributed by atoms with Crippen LogP contribution in [-0.4, -0.2) is 27.7 Å². The summed E-state index contributed by atoms with van der Waals surface area (Å²) in [7, 11) is 0. The van der Waals surface area contributed by atoms with Gasteiger partial charge in [-0.05, 0) is 23.8 Å². The highest BCUT2D eigenvalue weighted by atomic mass is 16.6. The highest BCUT2D eigenvalue weighted by Gasteiger charge is 2.36. The number of rotatable bonds is 4. The van der Waals surface area contributed by atoms with E-state index in [2.05, 4.69) is 0 Å². The number of hydrogen-bond donors (Lipinski definition) is 0. The standard InChI is InChI=1S/C23H17N5O2/c29-28(30)20-13-11-19(12-14-20)27-23-24-21(17-7-3-1-4-8-17)15-16-26(23)22(25-27)18-9-5-2-6-10-18/h1-16,23H. The number of non-ortho nitro benzene ring substituents is 1. The van der Waals surface area contributed by atoms with Crippen molar-refractivity contribution < 1.29 is 4.92 Å². The predicted molar refractivity (Wildman–Crippen MR) is 116 cm³/mol. The molecule has 5 rings (SSSR count). The van der Waals surface area contributed by atoms with Gasteiger partial charge in [-0.25, -0.2) is 10.0 Å². The Labute approximate surface area is 173 Å². The number of aliphatic imine (C=N–C) groups is 1. The van der Waals surface area contributed by atoms with E-state index >= 15 is 0 Å². The van der Waals surface area contributed by atoms with E-state index in [0.717, 1.165) is 28.4 Å². The van der Waals surface area contributed by atoms with E-state index < -0.39 is 11.2 Å². The Balaban J connectivity index is 1.57. The Morgan fingerprint density at radius 3 is 2.10 bits per heavy atom. The largest absolute Gasteiger partial charge is 0.289 e. The first-order valence-corrected chi connectivity index (χ1v) is 9.48. The maximum Gasteiger partial charge on any atom is 0.269 e. The molecule has 3 aromatic rings. The Morgan fingerprint density at radius 2 is 1.47 bits per heavy atom. The fraction of sp³-hybridized carbons (Fsp3) is 0.0435. The Kier molecular flexibility index (Phi) is 4.33. The molecule has 2 heterocycles. The van der Waals surface area contributed by atoms with Crippen LogP contribution >= 0.6 is 0 Å². The molecule has 0 aromatic heterocycles. The molecule has 30 heavy (non-hydrogen) atoms. The van der Waals surface area contributed by atoms with Gasteiger partial charge in [0.2, 0.25) is 6.29 Å². The van der Waals surface area contributed by atoms with Gasteiger partial charge in [-0.2, -0.15) is 0 Å². The molecule has 1 atom stereocenters. The number of benzene rings is 3. The Bertz CT molecular complexity index is 1170. The van der Waals surface area contributed by atoms with Gasteiger partial charge in [0.25, 0.3) is 5.69 Å². The fourth-order valence-electron chi connectivity index (χ4n) is 3.51. The number of amidine groups is 1. The number of hydrogen-bond acceptors (Lipinski definition) is 6. The van der Waals surface area contributed by atoms with E-state index in [1.165, 1.54) is 12.1 Å². The highest BCUT2D eigenvalue weighted by Crippen LogP contribution is 2.31. The summed E-state index contributed by atoms with van der Waals surface area (Å²) in [6.07, 6.45) is 3.54. The average Bonchev–Trinajstić information content (AvgIpc) is 3.19. The van der Waals surface area contributed by atoms with Gasteiger partial charge in [-0.3, -0.25) is 15.0 Å². The molecule has 0 saturated carbocycles. The number of hydrazone groups is 1. The fourth-order valence-corrected chi connectivity index (χ4v) is 3.51. The summed E-state index contributed by atoms with van der Waals surface area (Å²) in [6, 6.07) is 26.2. The number of fused-ring (bicyclic) bond motifs is 1. The third kappa shape index (κ3) is 3.12. The molecular formula is C23H17N5O2. The zero-order valence-electron chi connectivity index (χ0n) is 15.9. The lowest BCUT2D eigenvalue weighted by Gasteiger charge is -2.29. The summed E-state index contributed by atoms with van der Waals surface area (Å²) in [5.74, 6) is 0.770. The zero-order chi connectivity index (χ0) is 20.5. The monoisotopic (exact) mass is 395 g/mol. The minimum Gasteiger partial charge on any atom is -0.289 e. The van der Waals surface area contributed by atoms with Crippen LogP contribution in [0.15, 0.2) is 107 Å². The summed E-state index contributed by atoms with van der Waals surface area (Å²) in [6.45, 7) is 0. The van der Waals surface area contributed by atoms with Crippen LogP contribution in [0, 0.1) is 10.1 Å². The second-order valence-corrected chi connectivity index (χ2v) is 6.86. The molecule has 7 heteroatoms. The SMILES string of the molecule is O=[N+]([O-])c1ccc(N2N=C(c3ccccc3)N3C=CC(c4ccccc4)=NC32)cc1. The topological polar surface area (TPSA) is 74.3 Å². The Morgan fingerprint density at radius 1 is 0.833 bits per heavy atom. The van der Waals surface area contributed by atoms with Crippen LogP contribution in [0.1, 0.15) is 11.1 Å². The molecule has 0 saturated heterocycles. The lowest BCUT2D eigenvalue weighted by atomic mass is 10.1. The van der Waals surface area contributed by atoms with E-state index in [4.69, 9.17) is 10.1 Å². The van der Waals surface area contributed by atoms with Crippen LogP contribution in [0.2, 0.25) is 0 Å². The minimum atomic E-state index is -0.415. The zero-order valence-corrected chi connectivity index (χ0v) is 15.9. The maximum absolute atomic E-state index is 11.0. The van der Waals surface area contributed by atoms with Crippen molar-refractivity contribution in [2.75, 3.05) is 5.01 Å². The summed E-state index contributed by atoms with van der Waals surface area (Å²) < 4.78 is 0. The Hall–Kier alpha value is -4.26. The first kappa shape index (κ1) is 17.8. The van der Waals surface area contributed by atoms with E-state index in [1.54, 1.807) is 17.1 Å². The summed E-state index contributed by atoms with van der Waals surface area (Å²) in [4.78, 5) is 17.6. The van der Waals surface area contributed by atoms with Crippen molar-refractivity contribution in [1.82, 2.24) is 4.90 Å². The van der Waals surface area contributed by atoms with Gasteiger partial charge in [0.1, 0.15) is 0 Å². The molecular weight excluding hydrogens is 378 g/mol. The molecule has 0 N–H and O–H groups in total. The van der Waals surface area contributed by atoms with Crippen molar-refractivity contribution in [2.24, 2.45) is 10.1 Å². The number of nitro benzene ring substituents is 1. The summed E-state index contributed by atoms with van der Waals surface area (Å²) >= 11 is 0. The van der Waals surface area contributed by atoms with Crippen molar-refractivity contribution in [1.29, 1.82) is 0 Å². The highest BCUT2D eigenvalue weighted by molar-refractivity contribution is 6.11. The van der Waals surface area contributed by atoms with Crippen molar-refractivity contribution in [3.8, 4) is 0 Å².